The lowest BCUT2D eigenvalue weighted by atomic mass is 9.96. The number of carbonyl (C=O) groups excluding carboxylic acids is 1. The third-order valence-corrected chi connectivity index (χ3v) is 12.5. The topological polar surface area (TPSA) is 86.1 Å². The van der Waals surface area contributed by atoms with Gasteiger partial charge in [0.1, 0.15) is 20.4 Å². The van der Waals surface area contributed by atoms with Crippen LogP contribution in [0.25, 0.3) is 11.0 Å². The fourth-order valence-corrected chi connectivity index (χ4v) is 10.2. The van der Waals surface area contributed by atoms with E-state index in [1.165, 1.54) is 20.7 Å². The van der Waals surface area contributed by atoms with Crippen LogP contribution in [0.15, 0.2) is 108 Å². The van der Waals surface area contributed by atoms with E-state index in [0.29, 0.717) is 36.9 Å². The number of nitrogens with zero attached hydrogens (tertiary/aromatic N) is 4. The maximum absolute atomic E-state index is 13.6. The van der Waals surface area contributed by atoms with E-state index in [1.54, 1.807) is 0 Å². The monoisotopic (exact) mass is 730 g/mol. The lowest BCUT2D eigenvalue weighted by Gasteiger charge is -2.29. The molecule has 2 atom stereocenters. The molecule has 0 radical (unpaired) electrons. The molecule has 3 aliphatic rings. The molecule has 1 saturated carbocycles. The normalized spacial score (nSPS) is 19.5. The molecule has 1 aliphatic carbocycles. The van der Waals surface area contributed by atoms with Crippen LogP contribution in [0.3, 0.4) is 0 Å². The summed E-state index contributed by atoms with van der Waals surface area (Å²) in [6, 6.07) is 36.2. The number of para-hydroxylation sites is 2. The molecule has 1 saturated heterocycles. The van der Waals surface area contributed by atoms with Crippen molar-refractivity contribution in [2.75, 3.05) is 16.3 Å². The molecule has 0 spiro atoms. The standard InChI is InChI=1S/C40H34N4O4S3/c1-2-41-38(48)36(51-40(41)49)39-42(24-35(45)46)37(47)34(50-39)23-25-16-21-33-31(22-25)30-14-9-15-32(30)44(33)29-19-17-28(18-20-29)43(26-10-5-3-6-11-26)27-12-7-4-8-13-27/h3-8,10-13,16-23,30,32H,2,9,14-15,24H2,1H3,(H,45,46)/b34-23+,39-36-. The number of carboxylic acid groups (broad SMARTS) is 1. The molecule has 8 nitrogen and oxygen atoms in total. The van der Waals surface area contributed by atoms with Gasteiger partial charge in [0.15, 0.2) is 0 Å². The number of thioether (sulfide) groups is 1. The summed E-state index contributed by atoms with van der Waals surface area (Å²) in [5.41, 5.74) is 7.26. The molecule has 4 aromatic carbocycles. The van der Waals surface area contributed by atoms with Crippen LogP contribution in [-0.2, 0) is 16.1 Å². The highest BCUT2D eigenvalue weighted by Gasteiger charge is 2.42. The molecule has 51 heavy (non-hydrogen) atoms. The number of hydrogen-bond donors (Lipinski definition) is 1. The highest BCUT2D eigenvalue weighted by atomic mass is 32.2. The van der Waals surface area contributed by atoms with Gasteiger partial charge in [0.25, 0.3) is 11.5 Å². The number of benzene rings is 4. The zero-order valence-corrected chi connectivity index (χ0v) is 30.2. The first-order chi connectivity index (χ1) is 24.8. The van der Waals surface area contributed by atoms with Crippen LogP contribution < -0.4 is 24.6 Å². The van der Waals surface area contributed by atoms with Gasteiger partial charge in [-0.3, -0.25) is 23.9 Å². The second-order valence-electron chi connectivity index (χ2n) is 12.8. The van der Waals surface area contributed by atoms with E-state index in [1.807, 2.05) is 31.2 Å². The maximum atomic E-state index is 13.6. The summed E-state index contributed by atoms with van der Waals surface area (Å²) in [7, 11) is 0. The molecule has 0 bridgehead atoms. The van der Waals surface area contributed by atoms with Crippen molar-refractivity contribution in [1.29, 1.82) is 0 Å². The first-order valence-electron chi connectivity index (χ1n) is 17.0. The Hall–Kier alpha value is -4.97. The predicted octanol–water partition coefficient (Wildman–Crippen LogP) is 7.07. The third-order valence-electron chi connectivity index (χ3n) is 9.80. The van der Waals surface area contributed by atoms with Gasteiger partial charge in [-0.05, 0) is 97.6 Å². The Balaban J connectivity index is 1.16. The number of rotatable bonds is 8. The van der Waals surface area contributed by atoms with Crippen molar-refractivity contribution in [3.05, 3.63) is 134 Å². The van der Waals surface area contributed by atoms with Gasteiger partial charge in [0, 0.05) is 46.9 Å². The van der Waals surface area contributed by atoms with Gasteiger partial charge in [-0.2, -0.15) is 0 Å². The number of aliphatic carboxylic acids is 1. The van der Waals surface area contributed by atoms with Crippen molar-refractivity contribution in [3.63, 3.8) is 0 Å². The molecule has 8 rings (SSSR count). The quantitative estimate of drug-likeness (QED) is 0.170. The van der Waals surface area contributed by atoms with Crippen LogP contribution in [0.2, 0.25) is 0 Å². The summed E-state index contributed by atoms with van der Waals surface area (Å²) in [5, 5.41) is 9.62. The van der Waals surface area contributed by atoms with Crippen molar-refractivity contribution < 1.29 is 14.7 Å². The van der Waals surface area contributed by atoms with E-state index in [0.717, 1.165) is 70.7 Å². The largest absolute Gasteiger partial charge is 0.480 e. The Labute approximate surface area is 308 Å². The van der Waals surface area contributed by atoms with Crippen LogP contribution in [0.4, 0.5) is 28.4 Å². The fraction of sp³-hybridized carbons (Fsp3) is 0.200. The van der Waals surface area contributed by atoms with Gasteiger partial charge in [-0.1, -0.05) is 72.9 Å². The maximum Gasteiger partial charge on any atom is 0.323 e. The Morgan fingerprint density at radius 1 is 0.922 bits per heavy atom. The zero-order valence-electron chi connectivity index (χ0n) is 27.8. The van der Waals surface area contributed by atoms with Crippen molar-refractivity contribution in [2.24, 2.45) is 0 Å². The minimum atomic E-state index is -1.15. The van der Waals surface area contributed by atoms with Crippen molar-refractivity contribution in [3.8, 4) is 0 Å². The SMILES string of the molecule is CCN1C(=O)/C(=c2/s/c(=C/c3ccc4c(c3)C3CCCC3N4c3ccc(N(c4ccccc4)c4ccccc4)cc3)c(=O)n2CC(=O)O)SC1=S. The van der Waals surface area contributed by atoms with Gasteiger partial charge in [0.05, 0.1) is 4.53 Å². The number of amides is 1. The summed E-state index contributed by atoms with van der Waals surface area (Å²) in [6.45, 7) is 1.70. The van der Waals surface area contributed by atoms with E-state index in [2.05, 4.69) is 94.7 Å². The number of thiocarbonyl (C=S) groups is 1. The van der Waals surface area contributed by atoms with Crippen molar-refractivity contribution in [2.45, 2.75) is 44.7 Å². The van der Waals surface area contributed by atoms with Crippen LogP contribution in [0, 0.1) is 0 Å². The number of aromatic nitrogens is 1. The van der Waals surface area contributed by atoms with E-state index in [9.17, 15) is 19.5 Å². The van der Waals surface area contributed by atoms with E-state index >= 15 is 0 Å². The summed E-state index contributed by atoms with van der Waals surface area (Å²) in [5.74, 6) is -1.09. The molecular weight excluding hydrogens is 697 g/mol. The highest BCUT2D eigenvalue weighted by Crippen LogP contribution is 2.52. The molecule has 1 aromatic heterocycles. The first-order valence-corrected chi connectivity index (χ1v) is 19.0. The van der Waals surface area contributed by atoms with Crippen LogP contribution in [-0.4, -0.2) is 43.4 Å². The third kappa shape index (κ3) is 5.98. The lowest BCUT2D eigenvalue weighted by molar-refractivity contribution is -0.137. The van der Waals surface area contributed by atoms with E-state index in [-0.39, 0.29) is 5.91 Å². The molecular formula is C40H34N4O4S3. The Kier molecular flexibility index (Phi) is 8.87. The average Bonchev–Trinajstić information content (AvgIpc) is 3.88. The second-order valence-corrected chi connectivity index (χ2v) is 15.4. The molecule has 2 aliphatic heterocycles. The van der Waals surface area contributed by atoms with Gasteiger partial charge in [-0.25, -0.2) is 0 Å². The Morgan fingerprint density at radius 2 is 1.59 bits per heavy atom. The molecule has 1 N–H and O–H groups in total. The number of carboxylic acids is 1. The lowest BCUT2D eigenvalue weighted by Crippen LogP contribution is -2.35. The average molecular weight is 731 g/mol. The predicted molar refractivity (Wildman–Crippen MR) is 210 cm³/mol. The number of anilines is 5. The molecule has 256 valence electrons. The molecule has 5 aromatic rings. The molecule has 3 heterocycles. The zero-order chi connectivity index (χ0) is 35.2. The Morgan fingerprint density at radius 3 is 2.22 bits per heavy atom. The minimum absolute atomic E-state index is 0.296. The summed E-state index contributed by atoms with van der Waals surface area (Å²) in [4.78, 5) is 45.0. The second kappa shape index (κ2) is 13.6. The molecule has 2 unspecified atom stereocenters. The minimum Gasteiger partial charge on any atom is -0.480 e. The molecule has 11 heteroatoms. The first kappa shape index (κ1) is 33.2. The molecule has 2 fully saturated rings. The van der Waals surface area contributed by atoms with Crippen LogP contribution in [0.1, 0.15) is 43.2 Å². The van der Waals surface area contributed by atoms with Gasteiger partial charge >= 0.3 is 5.97 Å². The summed E-state index contributed by atoms with van der Waals surface area (Å²) >= 11 is 7.64. The van der Waals surface area contributed by atoms with Gasteiger partial charge in [-0.15, -0.1) is 11.3 Å². The van der Waals surface area contributed by atoms with Crippen LogP contribution >= 0.6 is 35.3 Å². The Bertz CT molecular complexity index is 2320. The van der Waals surface area contributed by atoms with Crippen molar-refractivity contribution >= 4 is 90.9 Å². The van der Waals surface area contributed by atoms with E-state index in [4.69, 9.17) is 12.2 Å². The van der Waals surface area contributed by atoms with E-state index < -0.39 is 18.1 Å². The van der Waals surface area contributed by atoms with Crippen LogP contribution in [0.5, 0.6) is 0 Å². The summed E-state index contributed by atoms with van der Waals surface area (Å²) in [6.07, 6.45) is 5.14. The van der Waals surface area contributed by atoms with Gasteiger partial charge in [0.2, 0.25) is 0 Å². The number of fused-ring (bicyclic) bond motifs is 3. The number of hydrogen-bond acceptors (Lipinski definition) is 8. The van der Waals surface area contributed by atoms with Crippen molar-refractivity contribution in [1.82, 2.24) is 9.47 Å². The number of thiazole rings is 1. The van der Waals surface area contributed by atoms with Gasteiger partial charge < -0.3 is 14.9 Å². The number of carbonyl (C=O) groups is 2. The highest BCUT2D eigenvalue weighted by molar-refractivity contribution is 8.30. The fourth-order valence-electron chi connectivity index (χ4n) is 7.58. The smallest absolute Gasteiger partial charge is 0.323 e. The summed E-state index contributed by atoms with van der Waals surface area (Å²) < 4.78 is 2.29. The molecule has 1 amide bonds.